The smallest absolute Gasteiger partial charge is 0.275 e. The number of hydrogen-bond acceptors (Lipinski definition) is 3. The summed E-state index contributed by atoms with van der Waals surface area (Å²) in [5.74, 6) is -0.0238. The van der Waals surface area contributed by atoms with Gasteiger partial charge in [-0.2, -0.15) is 10.2 Å². The highest BCUT2D eigenvalue weighted by atomic mass is 16.2. The van der Waals surface area contributed by atoms with Crippen molar-refractivity contribution in [2.75, 3.05) is 0 Å². The van der Waals surface area contributed by atoms with E-state index in [4.69, 9.17) is 0 Å². The summed E-state index contributed by atoms with van der Waals surface area (Å²) in [6.07, 6.45) is 3.12. The topological polar surface area (TPSA) is 56.0 Å². The quantitative estimate of drug-likeness (QED) is 0.699. The lowest BCUT2D eigenvalue weighted by Crippen LogP contribution is -2.37. The summed E-state index contributed by atoms with van der Waals surface area (Å²) in [5, 5.41) is 8.92. The molecule has 1 aromatic carbocycles. The molecule has 1 aliphatic rings. The maximum absolute atomic E-state index is 13.6. The van der Waals surface area contributed by atoms with Gasteiger partial charge in [0.1, 0.15) is 0 Å². The highest BCUT2D eigenvalue weighted by molar-refractivity contribution is 5.92. The Balaban J connectivity index is 1.75. The molecule has 146 valence electrons. The van der Waals surface area contributed by atoms with Crippen LogP contribution in [-0.2, 0) is 27.1 Å². The maximum atomic E-state index is 13.6. The molecule has 6 nitrogen and oxygen atoms in total. The van der Waals surface area contributed by atoms with E-state index in [0.29, 0.717) is 12.2 Å². The van der Waals surface area contributed by atoms with Crippen molar-refractivity contribution in [1.82, 2.24) is 24.5 Å². The summed E-state index contributed by atoms with van der Waals surface area (Å²) in [4.78, 5) is 15.5. The van der Waals surface area contributed by atoms with Crippen LogP contribution in [-0.4, -0.2) is 30.4 Å². The molecular weight excluding hydrogens is 350 g/mol. The van der Waals surface area contributed by atoms with E-state index < -0.39 is 0 Å². The zero-order chi connectivity index (χ0) is 19.8. The van der Waals surface area contributed by atoms with Gasteiger partial charge < -0.3 is 4.90 Å². The Morgan fingerprint density at radius 3 is 2.61 bits per heavy atom. The number of aryl methyl sites for hydroxylation is 5. The highest BCUT2D eigenvalue weighted by Crippen LogP contribution is 2.36. The second kappa shape index (κ2) is 7.26. The Morgan fingerprint density at radius 2 is 1.93 bits per heavy atom. The van der Waals surface area contributed by atoms with Crippen molar-refractivity contribution < 1.29 is 4.79 Å². The van der Waals surface area contributed by atoms with Crippen molar-refractivity contribution in [3.05, 3.63) is 70.3 Å². The largest absolute Gasteiger partial charge is 0.324 e. The summed E-state index contributed by atoms with van der Waals surface area (Å²) in [5.41, 5.74) is 6.07. The molecule has 0 saturated heterocycles. The molecule has 1 aliphatic carbocycles. The van der Waals surface area contributed by atoms with Crippen molar-refractivity contribution in [2.45, 2.75) is 45.7 Å². The molecule has 1 amide bonds. The van der Waals surface area contributed by atoms with Gasteiger partial charge in [0.05, 0.1) is 24.0 Å². The average molecular weight is 377 g/mol. The van der Waals surface area contributed by atoms with E-state index in [0.717, 1.165) is 36.3 Å². The predicted octanol–water partition coefficient (Wildman–Crippen LogP) is 3.49. The van der Waals surface area contributed by atoms with Gasteiger partial charge in [-0.25, -0.2) is 0 Å². The molecule has 2 heterocycles. The van der Waals surface area contributed by atoms with Crippen LogP contribution in [0.1, 0.15) is 57.6 Å². The number of carbonyl (C=O) groups excluding carboxylic acids is 1. The lowest BCUT2D eigenvalue weighted by Gasteiger charge is -2.35. The zero-order valence-electron chi connectivity index (χ0n) is 17.0. The fourth-order valence-corrected chi connectivity index (χ4v) is 4.17. The zero-order valence-corrected chi connectivity index (χ0v) is 17.0. The minimum Gasteiger partial charge on any atom is -0.324 e. The van der Waals surface area contributed by atoms with Crippen LogP contribution < -0.4 is 0 Å². The van der Waals surface area contributed by atoms with E-state index in [1.54, 1.807) is 4.68 Å². The Morgan fingerprint density at radius 1 is 1.14 bits per heavy atom. The van der Waals surface area contributed by atoms with E-state index in [2.05, 4.69) is 40.5 Å². The first-order valence-corrected chi connectivity index (χ1v) is 9.83. The molecule has 1 atom stereocenters. The first-order valence-electron chi connectivity index (χ1n) is 9.83. The van der Waals surface area contributed by atoms with Crippen molar-refractivity contribution >= 4 is 5.91 Å². The van der Waals surface area contributed by atoms with Gasteiger partial charge in [0.2, 0.25) is 0 Å². The van der Waals surface area contributed by atoms with Gasteiger partial charge in [0, 0.05) is 19.8 Å². The fraction of sp³-hybridized carbons (Fsp3) is 0.409. The van der Waals surface area contributed by atoms with Crippen molar-refractivity contribution in [1.29, 1.82) is 0 Å². The van der Waals surface area contributed by atoms with E-state index in [1.807, 2.05) is 43.6 Å². The molecular formula is C22H27N5O. The molecule has 0 saturated carbocycles. The Kier molecular flexibility index (Phi) is 4.79. The summed E-state index contributed by atoms with van der Waals surface area (Å²) in [6.45, 7) is 4.47. The van der Waals surface area contributed by atoms with Gasteiger partial charge in [-0.05, 0) is 56.4 Å². The lowest BCUT2D eigenvalue weighted by atomic mass is 9.86. The first-order chi connectivity index (χ1) is 13.4. The molecule has 0 N–H and O–H groups in total. The molecule has 0 unspecified atom stereocenters. The second-order valence-corrected chi connectivity index (χ2v) is 7.74. The molecule has 28 heavy (non-hydrogen) atoms. The van der Waals surface area contributed by atoms with Crippen LogP contribution in [0.2, 0.25) is 0 Å². The van der Waals surface area contributed by atoms with Crippen molar-refractivity contribution in [2.24, 2.45) is 14.1 Å². The molecule has 3 aromatic rings. The van der Waals surface area contributed by atoms with Crippen LogP contribution in [0.5, 0.6) is 0 Å². The summed E-state index contributed by atoms with van der Waals surface area (Å²) in [7, 11) is 3.81. The van der Waals surface area contributed by atoms with Crippen LogP contribution in [0.4, 0.5) is 0 Å². The number of fused-ring (bicyclic) bond motifs is 1. The van der Waals surface area contributed by atoms with Gasteiger partial charge in [0.15, 0.2) is 5.69 Å². The number of rotatable bonds is 4. The summed E-state index contributed by atoms with van der Waals surface area (Å²) in [6, 6.07) is 12.5. The van der Waals surface area contributed by atoms with E-state index in [9.17, 15) is 4.79 Å². The third-order valence-corrected chi connectivity index (χ3v) is 5.74. The molecule has 0 radical (unpaired) electrons. The normalized spacial score (nSPS) is 16.1. The monoisotopic (exact) mass is 377 g/mol. The van der Waals surface area contributed by atoms with Crippen LogP contribution in [0, 0.1) is 13.8 Å². The molecule has 0 fully saturated rings. The van der Waals surface area contributed by atoms with Crippen LogP contribution in [0.25, 0.3) is 0 Å². The summed E-state index contributed by atoms with van der Waals surface area (Å²) < 4.78 is 3.63. The number of nitrogens with zero attached hydrogens (tertiary/aromatic N) is 5. The first kappa shape index (κ1) is 18.5. The van der Waals surface area contributed by atoms with E-state index in [-0.39, 0.29) is 11.9 Å². The van der Waals surface area contributed by atoms with Crippen molar-refractivity contribution in [3.8, 4) is 0 Å². The minimum atomic E-state index is -0.0238. The van der Waals surface area contributed by atoms with E-state index in [1.165, 1.54) is 11.1 Å². The Hall–Kier alpha value is -2.89. The number of benzene rings is 1. The van der Waals surface area contributed by atoms with Gasteiger partial charge in [-0.15, -0.1) is 0 Å². The highest BCUT2D eigenvalue weighted by Gasteiger charge is 2.31. The van der Waals surface area contributed by atoms with Gasteiger partial charge in [-0.3, -0.25) is 14.2 Å². The van der Waals surface area contributed by atoms with Crippen molar-refractivity contribution in [3.63, 3.8) is 0 Å². The molecule has 0 bridgehead atoms. The maximum Gasteiger partial charge on any atom is 0.275 e. The summed E-state index contributed by atoms with van der Waals surface area (Å²) >= 11 is 0. The van der Waals surface area contributed by atoms with Gasteiger partial charge >= 0.3 is 0 Å². The standard InChI is InChI=1S/C22H27N5O/c1-15-12-18(26(4)23-15)14-27(22(28)20-13-16(2)25(3)24-20)21-11-7-9-17-8-5-6-10-19(17)21/h5-6,8,10,12-13,21H,7,9,11,14H2,1-4H3/t21-/m0/s1. The predicted molar refractivity (Wildman–Crippen MR) is 108 cm³/mol. The molecule has 0 aliphatic heterocycles. The second-order valence-electron chi connectivity index (χ2n) is 7.74. The fourth-order valence-electron chi connectivity index (χ4n) is 4.17. The third-order valence-electron chi connectivity index (χ3n) is 5.74. The number of hydrogen-bond donors (Lipinski definition) is 0. The van der Waals surface area contributed by atoms with Crippen LogP contribution in [0.3, 0.4) is 0 Å². The Bertz CT molecular complexity index is 996. The molecule has 0 spiro atoms. The van der Waals surface area contributed by atoms with Crippen LogP contribution >= 0.6 is 0 Å². The van der Waals surface area contributed by atoms with Gasteiger partial charge in [-0.1, -0.05) is 24.3 Å². The molecule has 6 heteroatoms. The Labute approximate surface area is 165 Å². The average Bonchev–Trinajstić information content (AvgIpc) is 3.19. The minimum absolute atomic E-state index is 0.0238. The third kappa shape index (κ3) is 3.35. The number of carbonyl (C=O) groups is 1. The van der Waals surface area contributed by atoms with E-state index >= 15 is 0 Å². The molecule has 4 rings (SSSR count). The molecule has 2 aromatic heterocycles. The lowest BCUT2D eigenvalue weighted by molar-refractivity contribution is 0.0625. The number of aromatic nitrogens is 4. The van der Waals surface area contributed by atoms with Gasteiger partial charge in [0.25, 0.3) is 5.91 Å². The number of amides is 1. The SMILES string of the molecule is Cc1cc(CN(C(=O)c2cc(C)n(C)n2)[C@H]2CCCc3ccccc32)n(C)n1. The van der Waals surface area contributed by atoms with Crippen LogP contribution in [0.15, 0.2) is 36.4 Å².